The summed E-state index contributed by atoms with van der Waals surface area (Å²) in [5.41, 5.74) is 15.2. The smallest absolute Gasteiger partial charge is 0.0714 e. The van der Waals surface area contributed by atoms with Gasteiger partial charge in [0.25, 0.3) is 0 Å². The lowest BCUT2D eigenvalue weighted by molar-refractivity contribution is 0.768. The Bertz CT molecular complexity index is 3750. The van der Waals surface area contributed by atoms with E-state index in [1.807, 2.05) is 0 Å². The van der Waals surface area contributed by atoms with Gasteiger partial charge >= 0.3 is 0 Å². The molecule has 0 radical (unpaired) electrons. The Morgan fingerprint density at radius 1 is 0.242 bits per heavy atom. The summed E-state index contributed by atoms with van der Waals surface area (Å²) in [6.45, 7) is 0. The summed E-state index contributed by atoms with van der Waals surface area (Å²) in [7, 11) is 0. The van der Waals surface area contributed by atoms with Crippen molar-refractivity contribution in [1.82, 2.24) is 0 Å². The summed E-state index contributed by atoms with van der Waals surface area (Å²) in [6, 6.07) is 96.5. The van der Waals surface area contributed by atoms with Crippen molar-refractivity contribution in [3.63, 3.8) is 0 Å². The van der Waals surface area contributed by atoms with Gasteiger partial charge in [0, 0.05) is 17.1 Å². The molecule has 1 nitrogen and oxygen atoms in total. The Balaban J connectivity index is 0.982. The maximum atomic E-state index is 2.46. The van der Waals surface area contributed by atoms with E-state index in [4.69, 9.17) is 0 Å². The van der Waals surface area contributed by atoms with Gasteiger partial charge in [-0.05, 0) is 147 Å². The molecule has 0 aliphatic heterocycles. The van der Waals surface area contributed by atoms with Crippen LogP contribution in [0.25, 0.3) is 76.5 Å². The van der Waals surface area contributed by atoms with Gasteiger partial charge in [0.1, 0.15) is 0 Å². The van der Waals surface area contributed by atoms with E-state index in [2.05, 4.69) is 266 Å². The first-order chi connectivity index (χ1) is 32.7. The van der Waals surface area contributed by atoms with Crippen LogP contribution in [0.3, 0.4) is 0 Å². The molecule has 0 N–H and O–H groups in total. The van der Waals surface area contributed by atoms with Gasteiger partial charge in [-0.3, -0.25) is 0 Å². The lowest BCUT2D eigenvalue weighted by atomic mass is 9.67. The van der Waals surface area contributed by atoms with Crippen molar-refractivity contribution in [3.05, 3.63) is 283 Å². The van der Waals surface area contributed by atoms with Crippen LogP contribution in [0, 0.1) is 0 Å². The van der Waals surface area contributed by atoms with Gasteiger partial charge in [-0.15, -0.1) is 0 Å². The molecule has 1 aliphatic rings. The molecular weight excluding hydrogens is 795 g/mol. The van der Waals surface area contributed by atoms with Gasteiger partial charge in [-0.25, -0.2) is 0 Å². The van der Waals surface area contributed by atoms with E-state index < -0.39 is 5.41 Å². The second-order valence-electron chi connectivity index (χ2n) is 17.6. The Morgan fingerprint density at radius 3 is 1.44 bits per heavy atom. The van der Waals surface area contributed by atoms with E-state index in [-0.39, 0.29) is 0 Å². The minimum absolute atomic E-state index is 0.512. The third-order valence-electron chi connectivity index (χ3n) is 14.1. The molecule has 1 aliphatic carbocycles. The van der Waals surface area contributed by atoms with Gasteiger partial charge in [0.15, 0.2) is 0 Å². The Hall–Kier alpha value is -8.52. The average Bonchev–Trinajstić information content (AvgIpc) is 3.69. The van der Waals surface area contributed by atoms with Crippen molar-refractivity contribution in [2.45, 2.75) is 5.41 Å². The lowest BCUT2D eigenvalue weighted by Gasteiger charge is -2.35. The molecule has 0 spiro atoms. The number of anilines is 3. The van der Waals surface area contributed by atoms with Crippen LogP contribution in [0.4, 0.5) is 17.1 Å². The van der Waals surface area contributed by atoms with Gasteiger partial charge in [-0.1, -0.05) is 212 Å². The van der Waals surface area contributed by atoms with Crippen molar-refractivity contribution in [2.75, 3.05) is 4.90 Å². The van der Waals surface area contributed by atoms with Gasteiger partial charge in [0.05, 0.1) is 5.41 Å². The first-order valence-electron chi connectivity index (χ1n) is 22.9. The quantitative estimate of drug-likeness (QED) is 0.145. The van der Waals surface area contributed by atoms with Crippen LogP contribution in [0.5, 0.6) is 0 Å². The number of hydrogen-bond acceptors (Lipinski definition) is 1. The molecule has 308 valence electrons. The van der Waals surface area contributed by atoms with Crippen LogP contribution >= 0.6 is 0 Å². The Labute approximate surface area is 385 Å². The third-order valence-corrected chi connectivity index (χ3v) is 14.1. The molecule has 0 heterocycles. The highest BCUT2D eigenvalue weighted by molar-refractivity contribution is 6.14. The molecule has 13 rings (SSSR count). The van der Waals surface area contributed by atoms with E-state index >= 15 is 0 Å². The predicted molar refractivity (Wildman–Crippen MR) is 279 cm³/mol. The molecule has 12 aromatic carbocycles. The molecule has 0 fully saturated rings. The number of nitrogens with zero attached hydrogens (tertiary/aromatic N) is 1. The minimum Gasteiger partial charge on any atom is -0.310 e. The molecular formula is C65H43N. The van der Waals surface area contributed by atoms with Crippen molar-refractivity contribution in [2.24, 2.45) is 0 Å². The number of benzene rings is 12. The standard InChI is InChI=1S/C65H43N/c1-3-17-50(18-4-1)65(51-19-5-2-6-20-51)63-26-14-13-25-60(63)61-40-38-54(43-64(61)65)66(52-34-29-44(30-35-52)47-33-39-57-49(41-47)28-27-45-15-7-9-21-55(45)57)53-36-31-46(32-37-53)62-42-48-16-8-10-22-56(48)58-23-11-12-24-59(58)62/h1-43H. The molecule has 66 heavy (non-hydrogen) atoms. The summed E-state index contributed by atoms with van der Waals surface area (Å²) < 4.78 is 0. The molecule has 1 heteroatoms. The van der Waals surface area contributed by atoms with Gasteiger partial charge in [-0.2, -0.15) is 0 Å². The fraction of sp³-hybridized carbons (Fsp3) is 0.0154. The third kappa shape index (κ3) is 5.94. The summed E-state index contributed by atoms with van der Waals surface area (Å²) in [4.78, 5) is 2.43. The second-order valence-corrected chi connectivity index (χ2v) is 17.6. The highest BCUT2D eigenvalue weighted by atomic mass is 15.1. The molecule has 0 saturated heterocycles. The summed E-state index contributed by atoms with van der Waals surface area (Å²) in [5, 5.41) is 10.1. The zero-order valence-electron chi connectivity index (χ0n) is 36.3. The topological polar surface area (TPSA) is 3.24 Å². The van der Waals surface area contributed by atoms with Crippen LogP contribution in [0.2, 0.25) is 0 Å². The summed E-state index contributed by atoms with van der Waals surface area (Å²) in [6.07, 6.45) is 0. The maximum Gasteiger partial charge on any atom is 0.0714 e. The first kappa shape index (κ1) is 38.0. The Kier molecular flexibility index (Phi) is 8.82. The predicted octanol–water partition coefficient (Wildman–Crippen LogP) is 17.5. The highest BCUT2D eigenvalue weighted by Gasteiger charge is 2.46. The fourth-order valence-electron chi connectivity index (χ4n) is 11.1. The van der Waals surface area contributed by atoms with Crippen LogP contribution in [0.1, 0.15) is 22.3 Å². The van der Waals surface area contributed by atoms with E-state index in [9.17, 15) is 0 Å². The van der Waals surface area contributed by atoms with Crippen LogP contribution in [0.15, 0.2) is 261 Å². The van der Waals surface area contributed by atoms with Crippen molar-refractivity contribution >= 4 is 60.2 Å². The van der Waals surface area contributed by atoms with Crippen molar-refractivity contribution < 1.29 is 0 Å². The van der Waals surface area contributed by atoms with Crippen molar-refractivity contribution in [1.29, 1.82) is 0 Å². The fourth-order valence-corrected chi connectivity index (χ4v) is 11.1. The molecule has 0 bridgehead atoms. The molecule has 0 unspecified atom stereocenters. The summed E-state index contributed by atoms with van der Waals surface area (Å²) >= 11 is 0. The van der Waals surface area contributed by atoms with Crippen LogP contribution < -0.4 is 4.90 Å². The van der Waals surface area contributed by atoms with E-state index in [1.54, 1.807) is 0 Å². The largest absolute Gasteiger partial charge is 0.310 e. The Morgan fingerprint density at radius 2 is 0.727 bits per heavy atom. The molecule has 0 amide bonds. The summed E-state index contributed by atoms with van der Waals surface area (Å²) in [5.74, 6) is 0. The maximum absolute atomic E-state index is 2.46. The molecule has 0 saturated carbocycles. The number of fused-ring (bicyclic) bond motifs is 9. The highest BCUT2D eigenvalue weighted by Crippen LogP contribution is 2.57. The number of rotatable bonds is 7. The molecule has 12 aromatic rings. The second kappa shape index (κ2) is 15.3. The SMILES string of the molecule is c1ccc(C2(c3ccccc3)c3ccccc3-c3ccc(N(c4ccc(-c5ccc6c(ccc7ccccc76)c5)cc4)c4ccc(-c5cc6ccccc6c6ccccc56)cc4)cc32)cc1. The molecule has 0 aromatic heterocycles. The lowest BCUT2D eigenvalue weighted by Crippen LogP contribution is -2.28. The zero-order chi connectivity index (χ0) is 43.6. The zero-order valence-corrected chi connectivity index (χ0v) is 36.3. The van der Waals surface area contributed by atoms with Gasteiger partial charge < -0.3 is 4.90 Å². The average molecular weight is 838 g/mol. The first-order valence-corrected chi connectivity index (χ1v) is 22.9. The van der Waals surface area contributed by atoms with Crippen LogP contribution in [-0.4, -0.2) is 0 Å². The molecule has 0 atom stereocenters. The normalized spacial score (nSPS) is 12.7. The van der Waals surface area contributed by atoms with Gasteiger partial charge in [0.2, 0.25) is 0 Å². The van der Waals surface area contributed by atoms with E-state index in [0.717, 1.165) is 17.1 Å². The number of hydrogen-bond donors (Lipinski definition) is 0. The monoisotopic (exact) mass is 837 g/mol. The minimum atomic E-state index is -0.512. The van der Waals surface area contributed by atoms with E-state index in [0.29, 0.717) is 0 Å². The van der Waals surface area contributed by atoms with E-state index in [1.165, 1.54) is 98.7 Å². The van der Waals surface area contributed by atoms with Crippen molar-refractivity contribution in [3.8, 4) is 33.4 Å². The van der Waals surface area contributed by atoms with Crippen LogP contribution in [-0.2, 0) is 5.41 Å².